The number of hydrogen-bond acceptors (Lipinski definition) is 8. The van der Waals surface area contributed by atoms with Gasteiger partial charge in [0.2, 0.25) is 0 Å². The molecule has 2 aliphatic heterocycles. The lowest BCUT2D eigenvalue weighted by molar-refractivity contribution is -0.0634. The van der Waals surface area contributed by atoms with Gasteiger partial charge in [-0.15, -0.1) is 0 Å². The highest BCUT2D eigenvalue weighted by Crippen LogP contribution is 2.53. The number of benzene rings is 4. The highest BCUT2D eigenvalue weighted by Gasteiger charge is 2.40. The van der Waals surface area contributed by atoms with Gasteiger partial charge in [0.1, 0.15) is 46.2 Å². The number of carbonyl (C=O) groups excluding carboxylic acids is 1. The highest BCUT2D eigenvalue weighted by atomic mass is 16.5. The number of Topliss-reactive ketones (excluding diaryl/α,β-unsaturated/α-hetero) is 1. The maximum Gasteiger partial charge on any atom is 0.174 e. The summed E-state index contributed by atoms with van der Waals surface area (Å²) >= 11 is 0. The Morgan fingerprint density at radius 2 is 1.37 bits per heavy atom. The summed E-state index contributed by atoms with van der Waals surface area (Å²) in [5.41, 5.74) is 3.58. The quantitative estimate of drug-likeness (QED) is 0.186. The van der Waals surface area contributed by atoms with E-state index in [0.717, 1.165) is 23.1 Å². The van der Waals surface area contributed by atoms with E-state index in [1.165, 1.54) is 13.2 Å². The number of fused-ring (bicyclic) bond motifs is 1. The average molecular weight is 583 g/mol. The van der Waals surface area contributed by atoms with Gasteiger partial charge in [-0.05, 0) is 84.7 Å². The van der Waals surface area contributed by atoms with Crippen molar-refractivity contribution in [2.24, 2.45) is 0 Å². The van der Waals surface area contributed by atoms with Gasteiger partial charge in [0.05, 0.1) is 25.7 Å². The van der Waals surface area contributed by atoms with Crippen LogP contribution in [-0.4, -0.2) is 39.4 Å². The molecule has 8 nitrogen and oxygen atoms in total. The maximum atomic E-state index is 13.6. The van der Waals surface area contributed by atoms with Gasteiger partial charge in [0.25, 0.3) is 0 Å². The number of rotatable bonds is 7. The van der Waals surface area contributed by atoms with E-state index in [0.29, 0.717) is 36.1 Å². The number of phenols is 4. The largest absolute Gasteiger partial charge is 0.508 e. The minimum absolute atomic E-state index is 0.0107. The van der Waals surface area contributed by atoms with Crippen LogP contribution in [0.2, 0.25) is 0 Å². The van der Waals surface area contributed by atoms with Crippen LogP contribution in [0.4, 0.5) is 0 Å². The third kappa shape index (κ3) is 5.96. The normalized spacial score (nSPS) is 21.6. The fraction of sp³-hybridized carbons (Fsp3) is 0.286. The molecule has 0 amide bonds. The van der Waals surface area contributed by atoms with Gasteiger partial charge in [0.15, 0.2) is 5.78 Å². The van der Waals surface area contributed by atoms with Crippen LogP contribution in [0.15, 0.2) is 78.9 Å². The number of ether oxygens (including phenoxy) is 3. The summed E-state index contributed by atoms with van der Waals surface area (Å²) < 4.78 is 18.6. The summed E-state index contributed by atoms with van der Waals surface area (Å²) in [7, 11) is 1.46. The molecule has 1 saturated heterocycles. The molecule has 4 aromatic rings. The molecule has 0 aliphatic carbocycles. The first kappa shape index (κ1) is 28.4. The van der Waals surface area contributed by atoms with E-state index < -0.39 is 6.10 Å². The second kappa shape index (κ2) is 11.9. The molecule has 0 radical (unpaired) electrons. The lowest BCUT2D eigenvalue weighted by atomic mass is 9.80. The molecule has 0 saturated carbocycles. The number of ketones is 1. The molecule has 8 heteroatoms. The zero-order chi connectivity index (χ0) is 30.1. The first-order valence-electron chi connectivity index (χ1n) is 14.4. The Hall–Kier alpha value is -4.69. The lowest BCUT2D eigenvalue weighted by Crippen LogP contribution is -2.29. The molecule has 6 rings (SSSR count). The molecule has 0 unspecified atom stereocenters. The Morgan fingerprint density at radius 3 is 1.98 bits per heavy atom. The van der Waals surface area contributed by atoms with Gasteiger partial charge in [-0.25, -0.2) is 0 Å². The van der Waals surface area contributed by atoms with Crippen molar-refractivity contribution in [1.29, 1.82) is 0 Å². The van der Waals surface area contributed by atoms with Crippen molar-refractivity contribution in [3.8, 4) is 34.5 Å². The molecule has 2 aliphatic rings. The lowest BCUT2D eigenvalue weighted by Gasteiger charge is -2.38. The summed E-state index contributed by atoms with van der Waals surface area (Å²) in [5.74, 6) is 0.692. The van der Waals surface area contributed by atoms with E-state index in [1.54, 1.807) is 48.5 Å². The molecule has 4 N–H and O–H groups in total. The van der Waals surface area contributed by atoms with Crippen LogP contribution < -0.4 is 9.47 Å². The van der Waals surface area contributed by atoms with E-state index in [-0.39, 0.29) is 59.1 Å². The van der Waals surface area contributed by atoms with Crippen molar-refractivity contribution in [2.75, 3.05) is 7.11 Å². The Labute approximate surface area is 249 Å². The number of hydrogen-bond donors (Lipinski definition) is 4. The average Bonchev–Trinajstić information content (AvgIpc) is 3.00. The van der Waals surface area contributed by atoms with Gasteiger partial charge in [-0.2, -0.15) is 0 Å². The van der Waals surface area contributed by atoms with Gasteiger partial charge in [0, 0.05) is 11.6 Å². The number of carbonyl (C=O) groups is 1. The molecule has 0 aromatic heterocycles. The van der Waals surface area contributed by atoms with E-state index in [2.05, 4.69) is 0 Å². The molecule has 4 atom stereocenters. The van der Waals surface area contributed by atoms with E-state index >= 15 is 0 Å². The number of aryl methyl sites for hydroxylation is 1. The summed E-state index contributed by atoms with van der Waals surface area (Å²) in [4.78, 5) is 13.6. The monoisotopic (exact) mass is 582 g/mol. The fourth-order valence-corrected chi connectivity index (χ4v) is 6.24. The van der Waals surface area contributed by atoms with Crippen LogP contribution in [0, 0.1) is 0 Å². The van der Waals surface area contributed by atoms with Crippen molar-refractivity contribution >= 4 is 5.78 Å². The first-order chi connectivity index (χ1) is 20.8. The van der Waals surface area contributed by atoms with E-state index in [9.17, 15) is 25.2 Å². The number of phenolic OH excluding ortho intramolecular Hbond substituents is 4. The van der Waals surface area contributed by atoms with Crippen LogP contribution >= 0.6 is 0 Å². The Kier molecular flexibility index (Phi) is 7.86. The van der Waals surface area contributed by atoms with Crippen LogP contribution in [0.1, 0.15) is 76.4 Å². The topological polar surface area (TPSA) is 126 Å². The van der Waals surface area contributed by atoms with Crippen LogP contribution in [-0.2, 0) is 11.2 Å². The van der Waals surface area contributed by atoms with E-state index in [1.807, 2.05) is 24.3 Å². The van der Waals surface area contributed by atoms with Gasteiger partial charge < -0.3 is 34.6 Å². The van der Waals surface area contributed by atoms with Gasteiger partial charge in [-0.3, -0.25) is 4.79 Å². The fourth-order valence-electron chi connectivity index (χ4n) is 6.24. The Morgan fingerprint density at radius 1 is 0.791 bits per heavy atom. The minimum atomic E-state index is -0.594. The Bertz CT molecular complexity index is 1600. The summed E-state index contributed by atoms with van der Waals surface area (Å²) in [6, 6.07) is 22.1. The van der Waals surface area contributed by atoms with E-state index in [4.69, 9.17) is 14.2 Å². The standard InChI is InChI=1S/C35H34O8/c1-41-32-19-28(39)33(35-34(32)29(40)18-31(43-35)22-7-13-26(38)14-8-22)23-16-27(15-4-20-2-9-24(36)10-3-20)42-30(17-23)21-5-11-25(37)12-6-21/h2-3,5-14,19,23,27,30-31,36-39H,4,15-18H2,1H3/t23-,27-,30+,31-/m1/s1. The Balaban J connectivity index is 1.37. The highest BCUT2D eigenvalue weighted by molar-refractivity contribution is 6.03. The van der Waals surface area contributed by atoms with Crippen molar-refractivity contribution in [3.05, 3.63) is 107 Å². The molecule has 222 valence electrons. The minimum Gasteiger partial charge on any atom is -0.508 e. The third-order valence-electron chi connectivity index (χ3n) is 8.42. The number of aromatic hydroxyl groups is 4. The second-order valence-corrected chi connectivity index (χ2v) is 11.3. The van der Waals surface area contributed by atoms with Crippen molar-refractivity contribution < 1.29 is 39.4 Å². The summed E-state index contributed by atoms with van der Waals surface area (Å²) in [5, 5.41) is 40.8. The molecule has 0 spiro atoms. The number of methoxy groups -OCH3 is 1. The third-order valence-corrected chi connectivity index (χ3v) is 8.42. The van der Waals surface area contributed by atoms with Crippen molar-refractivity contribution in [3.63, 3.8) is 0 Å². The predicted octanol–water partition coefficient (Wildman–Crippen LogP) is 6.86. The molecule has 4 aromatic carbocycles. The smallest absolute Gasteiger partial charge is 0.174 e. The van der Waals surface area contributed by atoms with Crippen molar-refractivity contribution in [2.45, 2.75) is 56.3 Å². The first-order valence-corrected chi connectivity index (χ1v) is 14.4. The maximum absolute atomic E-state index is 13.6. The zero-order valence-electron chi connectivity index (χ0n) is 23.8. The molecular formula is C35H34O8. The van der Waals surface area contributed by atoms with Crippen molar-refractivity contribution in [1.82, 2.24) is 0 Å². The van der Waals surface area contributed by atoms with Crippen LogP contribution in [0.5, 0.6) is 34.5 Å². The zero-order valence-corrected chi connectivity index (χ0v) is 23.8. The SMILES string of the molecule is COc1cc(O)c([C@@H]2C[C@@H](CCc3ccc(O)cc3)O[C@H](c3ccc(O)cc3)C2)c2c1C(=O)C[C@H](c1ccc(O)cc1)O2. The van der Waals surface area contributed by atoms with Crippen LogP contribution in [0.3, 0.4) is 0 Å². The molecule has 43 heavy (non-hydrogen) atoms. The molecular weight excluding hydrogens is 548 g/mol. The second-order valence-electron chi connectivity index (χ2n) is 11.3. The summed E-state index contributed by atoms with van der Waals surface area (Å²) in [6.07, 6.45) is 1.52. The molecule has 0 bridgehead atoms. The summed E-state index contributed by atoms with van der Waals surface area (Å²) in [6.45, 7) is 0. The van der Waals surface area contributed by atoms with Gasteiger partial charge >= 0.3 is 0 Å². The molecule has 2 heterocycles. The van der Waals surface area contributed by atoms with Crippen LogP contribution in [0.25, 0.3) is 0 Å². The van der Waals surface area contributed by atoms with Gasteiger partial charge in [-0.1, -0.05) is 36.4 Å². The molecule has 1 fully saturated rings. The predicted molar refractivity (Wildman–Crippen MR) is 159 cm³/mol.